The van der Waals surface area contributed by atoms with Crippen LogP contribution in [-0.4, -0.2) is 32.1 Å². The van der Waals surface area contributed by atoms with E-state index in [-0.39, 0.29) is 24.4 Å². The Morgan fingerprint density at radius 2 is 1.45 bits per heavy atom. The fourth-order valence-corrected chi connectivity index (χ4v) is 3.14. The molecule has 3 aromatic carbocycles. The third kappa shape index (κ3) is 6.09. The van der Waals surface area contributed by atoms with Crippen LogP contribution in [0.1, 0.15) is 34.5 Å². The first-order chi connectivity index (χ1) is 15.1. The molecule has 0 spiro atoms. The molecule has 160 valence electrons. The molecule has 0 aliphatic heterocycles. The zero-order chi connectivity index (χ0) is 22.1. The van der Waals surface area contributed by atoms with Gasteiger partial charge in [-0.15, -0.1) is 0 Å². The summed E-state index contributed by atoms with van der Waals surface area (Å²) in [6.45, 7) is 2.39. The van der Waals surface area contributed by atoms with Crippen molar-refractivity contribution >= 4 is 11.8 Å². The second-order valence-corrected chi connectivity index (χ2v) is 6.82. The maximum Gasteiger partial charge on any atom is 0.251 e. The van der Waals surface area contributed by atoms with Crippen molar-refractivity contribution in [3.05, 3.63) is 95.6 Å². The van der Waals surface area contributed by atoms with Crippen LogP contribution in [0.25, 0.3) is 0 Å². The molecule has 3 aromatic rings. The third-order valence-electron chi connectivity index (χ3n) is 4.72. The zero-order valence-corrected chi connectivity index (χ0v) is 17.6. The number of carbonyl (C=O) groups excluding carboxylic acids is 2. The minimum atomic E-state index is -0.345. The predicted molar refractivity (Wildman–Crippen MR) is 119 cm³/mol. The Bertz CT molecular complexity index is 986. The fourth-order valence-electron chi connectivity index (χ4n) is 3.14. The normalized spacial score (nSPS) is 11.3. The standard InChI is InChI=1S/C25H26N2O4/c1-3-31-22-15-9-19(10-16-22)24(18-7-5-4-6-8-18)27-23(28)17-26-25(29)20-11-13-21(30-2)14-12-20/h4-16,24H,3,17H2,1-2H3,(H,26,29)(H,27,28). The SMILES string of the molecule is CCOc1ccc(C(NC(=O)CNC(=O)c2ccc(OC)cc2)c2ccccc2)cc1. The average molecular weight is 418 g/mol. The molecule has 6 nitrogen and oxygen atoms in total. The Morgan fingerprint density at radius 1 is 0.839 bits per heavy atom. The smallest absolute Gasteiger partial charge is 0.251 e. The van der Waals surface area contributed by atoms with Gasteiger partial charge in [-0.25, -0.2) is 0 Å². The topological polar surface area (TPSA) is 76.7 Å². The summed E-state index contributed by atoms with van der Waals surface area (Å²) in [5.41, 5.74) is 2.32. The molecule has 0 radical (unpaired) electrons. The van der Waals surface area contributed by atoms with Crippen LogP contribution in [0.2, 0.25) is 0 Å². The molecule has 6 heteroatoms. The van der Waals surface area contributed by atoms with E-state index in [4.69, 9.17) is 9.47 Å². The number of hydrogen-bond acceptors (Lipinski definition) is 4. The molecule has 0 saturated heterocycles. The van der Waals surface area contributed by atoms with E-state index in [1.165, 1.54) is 0 Å². The van der Waals surface area contributed by atoms with E-state index in [0.29, 0.717) is 17.9 Å². The van der Waals surface area contributed by atoms with Crippen LogP contribution >= 0.6 is 0 Å². The Morgan fingerprint density at radius 3 is 2.06 bits per heavy atom. The summed E-state index contributed by atoms with van der Waals surface area (Å²) in [6, 6.07) is 23.7. The van der Waals surface area contributed by atoms with Crippen molar-refractivity contribution in [2.75, 3.05) is 20.3 Å². The molecule has 3 rings (SSSR count). The van der Waals surface area contributed by atoms with Crippen molar-refractivity contribution in [2.24, 2.45) is 0 Å². The Kier molecular flexibility index (Phi) is 7.65. The van der Waals surface area contributed by atoms with E-state index in [1.807, 2.05) is 61.5 Å². The van der Waals surface area contributed by atoms with Gasteiger partial charge in [0.2, 0.25) is 5.91 Å². The molecule has 0 aromatic heterocycles. The Balaban J connectivity index is 1.67. The van der Waals surface area contributed by atoms with Crippen LogP contribution in [-0.2, 0) is 4.79 Å². The largest absolute Gasteiger partial charge is 0.497 e. The molecule has 0 aliphatic rings. The first-order valence-corrected chi connectivity index (χ1v) is 10.1. The number of carbonyl (C=O) groups is 2. The monoisotopic (exact) mass is 418 g/mol. The maximum atomic E-state index is 12.6. The highest BCUT2D eigenvalue weighted by Crippen LogP contribution is 2.24. The van der Waals surface area contributed by atoms with Gasteiger partial charge in [-0.3, -0.25) is 9.59 Å². The van der Waals surface area contributed by atoms with Crippen LogP contribution in [0.15, 0.2) is 78.9 Å². The van der Waals surface area contributed by atoms with Gasteiger partial charge < -0.3 is 20.1 Å². The van der Waals surface area contributed by atoms with Crippen LogP contribution in [0, 0.1) is 0 Å². The first kappa shape index (κ1) is 21.9. The summed E-state index contributed by atoms with van der Waals surface area (Å²) in [5, 5.41) is 5.67. The summed E-state index contributed by atoms with van der Waals surface area (Å²) in [7, 11) is 1.56. The molecule has 0 heterocycles. The van der Waals surface area contributed by atoms with Crippen molar-refractivity contribution in [1.82, 2.24) is 10.6 Å². The van der Waals surface area contributed by atoms with Gasteiger partial charge in [-0.2, -0.15) is 0 Å². The van der Waals surface area contributed by atoms with E-state index < -0.39 is 0 Å². The number of hydrogen-bond donors (Lipinski definition) is 2. The first-order valence-electron chi connectivity index (χ1n) is 10.1. The molecule has 1 unspecified atom stereocenters. The van der Waals surface area contributed by atoms with Crippen molar-refractivity contribution in [2.45, 2.75) is 13.0 Å². The molecule has 0 bridgehead atoms. The van der Waals surface area contributed by atoms with E-state index in [0.717, 1.165) is 16.9 Å². The molecule has 0 saturated carbocycles. The van der Waals surface area contributed by atoms with Gasteiger partial charge in [0.05, 0.1) is 26.3 Å². The molecule has 2 N–H and O–H groups in total. The van der Waals surface area contributed by atoms with Gasteiger partial charge in [-0.05, 0) is 54.4 Å². The maximum absolute atomic E-state index is 12.6. The van der Waals surface area contributed by atoms with Gasteiger partial charge in [0.15, 0.2) is 0 Å². The zero-order valence-electron chi connectivity index (χ0n) is 17.6. The number of methoxy groups -OCH3 is 1. The lowest BCUT2D eigenvalue weighted by molar-refractivity contribution is -0.120. The highest BCUT2D eigenvalue weighted by molar-refractivity contribution is 5.96. The van der Waals surface area contributed by atoms with E-state index >= 15 is 0 Å². The number of benzene rings is 3. The Hall–Kier alpha value is -3.80. The van der Waals surface area contributed by atoms with Crippen molar-refractivity contribution in [3.63, 3.8) is 0 Å². The van der Waals surface area contributed by atoms with Crippen molar-refractivity contribution < 1.29 is 19.1 Å². The highest BCUT2D eigenvalue weighted by atomic mass is 16.5. The second-order valence-electron chi connectivity index (χ2n) is 6.82. The quantitative estimate of drug-likeness (QED) is 0.555. The number of ether oxygens (including phenoxy) is 2. The van der Waals surface area contributed by atoms with E-state index in [9.17, 15) is 9.59 Å². The van der Waals surface area contributed by atoms with Crippen molar-refractivity contribution in [3.8, 4) is 11.5 Å². The summed E-state index contributed by atoms with van der Waals surface area (Å²) in [6.07, 6.45) is 0. The van der Waals surface area contributed by atoms with Crippen LogP contribution in [0.3, 0.4) is 0 Å². The molecule has 0 aliphatic carbocycles. The molecule has 2 amide bonds. The lowest BCUT2D eigenvalue weighted by atomic mass is 9.98. The minimum Gasteiger partial charge on any atom is -0.497 e. The number of nitrogens with one attached hydrogen (secondary N) is 2. The van der Waals surface area contributed by atoms with Gasteiger partial charge >= 0.3 is 0 Å². The Labute approximate surface area is 182 Å². The third-order valence-corrected chi connectivity index (χ3v) is 4.72. The van der Waals surface area contributed by atoms with Gasteiger partial charge in [0, 0.05) is 5.56 Å². The molecule has 31 heavy (non-hydrogen) atoms. The summed E-state index contributed by atoms with van der Waals surface area (Å²) in [4.78, 5) is 25.0. The lowest BCUT2D eigenvalue weighted by Gasteiger charge is -2.20. The second kappa shape index (κ2) is 10.8. The molecular weight excluding hydrogens is 392 g/mol. The number of rotatable bonds is 9. The molecule has 0 fully saturated rings. The summed E-state index contributed by atoms with van der Waals surface area (Å²) >= 11 is 0. The minimum absolute atomic E-state index is 0.134. The summed E-state index contributed by atoms with van der Waals surface area (Å²) < 4.78 is 10.6. The lowest BCUT2D eigenvalue weighted by Crippen LogP contribution is -2.39. The van der Waals surface area contributed by atoms with Crippen LogP contribution < -0.4 is 20.1 Å². The highest BCUT2D eigenvalue weighted by Gasteiger charge is 2.17. The number of amides is 2. The average Bonchev–Trinajstić information content (AvgIpc) is 2.82. The van der Waals surface area contributed by atoms with E-state index in [1.54, 1.807) is 31.4 Å². The summed E-state index contributed by atoms with van der Waals surface area (Å²) in [5.74, 6) is 0.825. The van der Waals surface area contributed by atoms with Crippen molar-refractivity contribution in [1.29, 1.82) is 0 Å². The van der Waals surface area contributed by atoms with Gasteiger partial charge in [-0.1, -0.05) is 42.5 Å². The van der Waals surface area contributed by atoms with Crippen LogP contribution in [0.5, 0.6) is 11.5 Å². The molecule has 1 atom stereocenters. The van der Waals surface area contributed by atoms with Crippen LogP contribution in [0.4, 0.5) is 0 Å². The van der Waals surface area contributed by atoms with Gasteiger partial charge in [0.1, 0.15) is 11.5 Å². The van der Waals surface area contributed by atoms with Gasteiger partial charge in [0.25, 0.3) is 5.91 Å². The fraction of sp³-hybridized carbons (Fsp3) is 0.200. The van der Waals surface area contributed by atoms with E-state index in [2.05, 4.69) is 10.6 Å². The molecular formula is C25H26N2O4. The predicted octanol–water partition coefficient (Wildman–Crippen LogP) is 3.73.